The Morgan fingerprint density at radius 3 is 2.29 bits per heavy atom. The Morgan fingerprint density at radius 1 is 1.33 bits per heavy atom. The van der Waals surface area contributed by atoms with Gasteiger partial charge in [0.05, 0.1) is 0 Å². The number of carbonyl (C=O) groups excluding carboxylic acids is 2. The van der Waals surface area contributed by atoms with Crippen molar-refractivity contribution in [2.75, 3.05) is 0 Å². The molecular formula is C14H16ClF2NO3. The summed E-state index contributed by atoms with van der Waals surface area (Å²) in [6.07, 6.45) is -0.612. The van der Waals surface area contributed by atoms with E-state index in [1.54, 1.807) is 20.8 Å². The van der Waals surface area contributed by atoms with Gasteiger partial charge in [0.15, 0.2) is 0 Å². The van der Waals surface area contributed by atoms with E-state index < -0.39 is 29.4 Å². The number of hydrogen-bond acceptors (Lipinski definition) is 3. The standard InChI is InChI=1S/C14H16ClF2NO3/c1-14(2,3)21-13(20)18(15)12(8-19)6-9-4-10(16)7-11(17)5-9/h4-5,7-8,12H,6H2,1-3H3. The Bertz CT molecular complexity index is 511. The van der Waals surface area contributed by atoms with Crippen LogP contribution in [0.15, 0.2) is 18.2 Å². The van der Waals surface area contributed by atoms with Gasteiger partial charge < -0.3 is 9.53 Å². The van der Waals surface area contributed by atoms with Gasteiger partial charge in [0.25, 0.3) is 0 Å². The molecule has 0 N–H and O–H groups in total. The van der Waals surface area contributed by atoms with Gasteiger partial charge in [-0.1, -0.05) is 0 Å². The molecule has 0 saturated carbocycles. The minimum atomic E-state index is -1.09. The number of nitrogens with zero attached hydrogens (tertiary/aromatic N) is 1. The predicted octanol–water partition coefficient (Wildman–Crippen LogP) is 3.47. The van der Waals surface area contributed by atoms with Gasteiger partial charge in [-0.25, -0.2) is 18.0 Å². The summed E-state index contributed by atoms with van der Waals surface area (Å²) >= 11 is 5.77. The van der Waals surface area contributed by atoms with Crippen molar-refractivity contribution in [2.45, 2.75) is 38.8 Å². The second-order valence-corrected chi connectivity index (χ2v) is 5.84. The summed E-state index contributed by atoms with van der Waals surface area (Å²) in [7, 11) is 0. The van der Waals surface area contributed by atoms with E-state index >= 15 is 0 Å². The second kappa shape index (κ2) is 6.85. The summed E-state index contributed by atoms with van der Waals surface area (Å²) in [5.41, 5.74) is -0.568. The molecule has 0 saturated heterocycles. The lowest BCUT2D eigenvalue weighted by Gasteiger charge is -2.25. The summed E-state index contributed by atoms with van der Waals surface area (Å²) in [6, 6.07) is 1.76. The number of aldehydes is 1. The monoisotopic (exact) mass is 319 g/mol. The first kappa shape index (κ1) is 17.4. The van der Waals surface area contributed by atoms with Crippen molar-refractivity contribution in [2.24, 2.45) is 0 Å². The average Bonchev–Trinajstić information content (AvgIpc) is 2.31. The largest absolute Gasteiger partial charge is 0.443 e. The molecule has 0 radical (unpaired) electrons. The second-order valence-electron chi connectivity index (χ2n) is 5.48. The van der Waals surface area contributed by atoms with Crippen LogP contribution in [0.3, 0.4) is 0 Å². The maximum absolute atomic E-state index is 13.1. The number of amides is 1. The highest BCUT2D eigenvalue weighted by Crippen LogP contribution is 2.17. The quantitative estimate of drug-likeness (QED) is 0.630. The first-order chi connectivity index (χ1) is 9.62. The minimum absolute atomic E-state index is 0.124. The zero-order valence-corrected chi connectivity index (χ0v) is 12.7. The Hall–Kier alpha value is -1.69. The Balaban J connectivity index is 2.82. The van der Waals surface area contributed by atoms with Gasteiger partial charge in [-0.2, -0.15) is 0 Å². The smallest absolute Gasteiger partial charge is 0.425 e. The highest BCUT2D eigenvalue weighted by molar-refractivity contribution is 6.21. The SMILES string of the molecule is CC(C)(C)OC(=O)N(Cl)C(C=O)Cc1cc(F)cc(F)c1. The molecule has 0 aliphatic heterocycles. The van der Waals surface area contributed by atoms with Crippen LogP contribution in [0.25, 0.3) is 0 Å². The molecule has 1 atom stereocenters. The molecule has 0 aromatic heterocycles. The Kier molecular flexibility index (Phi) is 5.66. The first-order valence-electron chi connectivity index (χ1n) is 6.20. The summed E-state index contributed by atoms with van der Waals surface area (Å²) in [6.45, 7) is 4.94. The van der Waals surface area contributed by atoms with Crippen LogP contribution in [0.4, 0.5) is 13.6 Å². The van der Waals surface area contributed by atoms with Crippen LogP contribution in [0.2, 0.25) is 0 Å². The van der Waals surface area contributed by atoms with Gasteiger partial charge in [0.2, 0.25) is 0 Å². The van der Waals surface area contributed by atoms with Gasteiger partial charge in [-0.15, -0.1) is 0 Å². The minimum Gasteiger partial charge on any atom is -0.443 e. The summed E-state index contributed by atoms with van der Waals surface area (Å²) < 4.78 is 31.8. The van der Waals surface area contributed by atoms with Crippen LogP contribution in [-0.4, -0.2) is 28.4 Å². The van der Waals surface area contributed by atoms with E-state index in [4.69, 9.17) is 16.5 Å². The van der Waals surface area contributed by atoms with Crippen molar-refractivity contribution in [3.63, 3.8) is 0 Å². The summed E-state index contributed by atoms with van der Waals surface area (Å²) in [4.78, 5) is 22.8. The number of halogens is 3. The topological polar surface area (TPSA) is 46.6 Å². The third kappa shape index (κ3) is 5.67. The molecular weight excluding hydrogens is 304 g/mol. The van der Waals surface area contributed by atoms with Crippen molar-refractivity contribution in [1.82, 2.24) is 4.42 Å². The molecule has 0 aliphatic rings. The van der Waals surface area contributed by atoms with E-state index in [9.17, 15) is 18.4 Å². The van der Waals surface area contributed by atoms with Crippen LogP contribution in [-0.2, 0) is 16.0 Å². The van der Waals surface area contributed by atoms with Gasteiger partial charge in [-0.3, -0.25) is 0 Å². The molecule has 0 aliphatic carbocycles. The predicted molar refractivity (Wildman–Crippen MR) is 73.8 cm³/mol. The Morgan fingerprint density at radius 2 is 1.86 bits per heavy atom. The van der Waals surface area contributed by atoms with E-state index in [-0.39, 0.29) is 12.0 Å². The molecule has 1 aromatic carbocycles. The van der Waals surface area contributed by atoms with Crippen LogP contribution in [0.1, 0.15) is 26.3 Å². The van der Waals surface area contributed by atoms with Crippen LogP contribution < -0.4 is 0 Å². The molecule has 1 unspecified atom stereocenters. The highest BCUT2D eigenvalue weighted by Gasteiger charge is 2.27. The molecule has 21 heavy (non-hydrogen) atoms. The fraction of sp³-hybridized carbons (Fsp3) is 0.429. The van der Waals surface area contributed by atoms with E-state index in [2.05, 4.69) is 0 Å². The zero-order chi connectivity index (χ0) is 16.2. The van der Waals surface area contributed by atoms with E-state index in [1.165, 1.54) is 0 Å². The van der Waals surface area contributed by atoms with Crippen molar-refractivity contribution >= 4 is 24.2 Å². The molecule has 0 fully saturated rings. The third-order valence-corrected chi connectivity index (χ3v) is 2.77. The lowest BCUT2D eigenvalue weighted by atomic mass is 10.1. The van der Waals surface area contributed by atoms with Gasteiger partial charge >= 0.3 is 6.09 Å². The number of benzene rings is 1. The molecule has 1 amide bonds. The van der Waals surface area contributed by atoms with Crippen molar-refractivity contribution in [3.05, 3.63) is 35.4 Å². The summed E-state index contributed by atoms with van der Waals surface area (Å²) in [5, 5.41) is 0. The highest BCUT2D eigenvalue weighted by atomic mass is 35.5. The Labute approximate surface area is 126 Å². The molecule has 4 nitrogen and oxygen atoms in total. The maximum Gasteiger partial charge on any atom is 0.425 e. The lowest BCUT2D eigenvalue weighted by Crippen LogP contribution is -2.39. The number of ether oxygens (including phenoxy) is 1. The molecule has 0 spiro atoms. The molecule has 7 heteroatoms. The molecule has 1 rings (SSSR count). The zero-order valence-electron chi connectivity index (χ0n) is 11.9. The van der Waals surface area contributed by atoms with Crippen molar-refractivity contribution in [1.29, 1.82) is 0 Å². The number of hydrogen-bond donors (Lipinski definition) is 0. The van der Waals surface area contributed by atoms with Gasteiger partial charge in [-0.05, 0) is 38.5 Å². The summed E-state index contributed by atoms with van der Waals surface area (Å²) in [5.74, 6) is -1.54. The van der Waals surface area contributed by atoms with Crippen molar-refractivity contribution < 1.29 is 23.1 Å². The fourth-order valence-corrected chi connectivity index (χ4v) is 1.74. The van der Waals surface area contributed by atoms with Crippen LogP contribution >= 0.6 is 11.8 Å². The fourth-order valence-electron chi connectivity index (χ4n) is 1.59. The molecule has 1 aromatic rings. The average molecular weight is 320 g/mol. The maximum atomic E-state index is 13.1. The number of rotatable bonds is 4. The lowest BCUT2D eigenvalue weighted by molar-refractivity contribution is -0.111. The van der Waals surface area contributed by atoms with Gasteiger partial charge in [0.1, 0.15) is 29.6 Å². The van der Waals surface area contributed by atoms with E-state index in [0.717, 1.165) is 12.1 Å². The normalized spacial score (nSPS) is 12.7. The van der Waals surface area contributed by atoms with Crippen molar-refractivity contribution in [3.8, 4) is 0 Å². The first-order valence-corrected chi connectivity index (χ1v) is 6.54. The van der Waals surface area contributed by atoms with E-state index in [0.29, 0.717) is 16.8 Å². The molecule has 0 heterocycles. The number of carbonyl (C=O) groups is 2. The van der Waals surface area contributed by atoms with Gasteiger partial charge in [0, 0.05) is 24.3 Å². The van der Waals surface area contributed by atoms with Crippen LogP contribution in [0, 0.1) is 11.6 Å². The van der Waals surface area contributed by atoms with Crippen LogP contribution in [0.5, 0.6) is 0 Å². The third-order valence-electron chi connectivity index (χ3n) is 2.38. The molecule has 0 bridgehead atoms. The van der Waals surface area contributed by atoms with E-state index in [1.807, 2.05) is 0 Å². The molecule has 116 valence electrons.